The maximum atomic E-state index is 13.1. The maximum Gasteiger partial charge on any atom is 0.244 e. The zero-order chi connectivity index (χ0) is 18.7. The molecule has 1 atom stereocenters. The number of carbonyl (C=O) groups excluding carboxylic acids is 1. The number of hydrogen-bond donors (Lipinski definition) is 1. The van der Waals surface area contributed by atoms with Crippen molar-refractivity contribution in [2.24, 2.45) is 0 Å². The van der Waals surface area contributed by atoms with Crippen LogP contribution in [-0.2, 0) is 21.4 Å². The van der Waals surface area contributed by atoms with E-state index in [9.17, 15) is 13.2 Å². The van der Waals surface area contributed by atoms with Crippen molar-refractivity contribution in [2.45, 2.75) is 44.2 Å². The Labute approximate surface area is 155 Å². The fourth-order valence-corrected chi connectivity index (χ4v) is 5.27. The third-order valence-corrected chi connectivity index (χ3v) is 6.80. The van der Waals surface area contributed by atoms with Crippen LogP contribution in [-0.4, -0.2) is 31.2 Å². The topological polar surface area (TPSA) is 66.5 Å². The fourth-order valence-electron chi connectivity index (χ4n) is 3.30. The van der Waals surface area contributed by atoms with Gasteiger partial charge in [-0.15, -0.1) is 0 Å². The molecular formula is C20H24N2O3S. The summed E-state index contributed by atoms with van der Waals surface area (Å²) in [5.74, 6) is -0.236. The molecule has 1 fully saturated rings. The van der Waals surface area contributed by atoms with Crippen LogP contribution in [0.25, 0.3) is 0 Å². The summed E-state index contributed by atoms with van der Waals surface area (Å²) < 4.78 is 27.6. The van der Waals surface area contributed by atoms with Gasteiger partial charge in [-0.2, -0.15) is 4.31 Å². The maximum absolute atomic E-state index is 13.1. The van der Waals surface area contributed by atoms with Gasteiger partial charge in [-0.05, 0) is 49.4 Å². The monoisotopic (exact) mass is 372 g/mol. The third-order valence-electron chi connectivity index (χ3n) is 4.75. The van der Waals surface area contributed by atoms with Crippen molar-refractivity contribution in [1.82, 2.24) is 9.62 Å². The zero-order valence-electron chi connectivity index (χ0n) is 15.1. The van der Waals surface area contributed by atoms with Gasteiger partial charge in [0.2, 0.25) is 15.9 Å². The van der Waals surface area contributed by atoms with E-state index in [0.717, 1.165) is 11.1 Å². The smallest absolute Gasteiger partial charge is 0.244 e. The Bertz CT molecular complexity index is 895. The highest BCUT2D eigenvalue weighted by molar-refractivity contribution is 7.89. The van der Waals surface area contributed by atoms with E-state index in [-0.39, 0.29) is 5.91 Å². The molecule has 0 bridgehead atoms. The molecule has 0 aliphatic carbocycles. The number of amides is 1. The molecule has 0 radical (unpaired) electrons. The minimum Gasteiger partial charge on any atom is -0.351 e. The van der Waals surface area contributed by atoms with Crippen molar-refractivity contribution < 1.29 is 13.2 Å². The Balaban J connectivity index is 1.78. The van der Waals surface area contributed by atoms with Crippen molar-refractivity contribution in [3.05, 3.63) is 65.2 Å². The van der Waals surface area contributed by atoms with E-state index in [4.69, 9.17) is 0 Å². The van der Waals surface area contributed by atoms with Gasteiger partial charge in [0.1, 0.15) is 6.04 Å². The first kappa shape index (κ1) is 18.6. The molecule has 1 amide bonds. The van der Waals surface area contributed by atoms with Crippen LogP contribution in [0.5, 0.6) is 0 Å². The van der Waals surface area contributed by atoms with E-state index >= 15 is 0 Å². The molecule has 0 unspecified atom stereocenters. The largest absolute Gasteiger partial charge is 0.351 e. The quantitative estimate of drug-likeness (QED) is 0.878. The third kappa shape index (κ3) is 3.81. The van der Waals surface area contributed by atoms with Gasteiger partial charge in [0.05, 0.1) is 4.90 Å². The number of sulfonamides is 1. The van der Waals surface area contributed by atoms with Crippen LogP contribution in [0.2, 0.25) is 0 Å². The van der Waals surface area contributed by atoms with E-state index in [1.54, 1.807) is 13.0 Å². The second-order valence-corrected chi connectivity index (χ2v) is 8.61. The predicted octanol–water partition coefficient (Wildman–Crippen LogP) is 2.77. The van der Waals surface area contributed by atoms with Gasteiger partial charge in [-0.25, -0.2) is 8.42 Å². The average molecular weight is 372 g/mol. The van der Waals surface area contributed by atoms with E-state index in [1.807, 2.05) is 49.4 Å². The summed E-state index contributed by atoms with van der Waals surface area (Å²) in [6.07, 6.45) is 1.23. The number of hydrogen-bond acceptors (Lipinski definition) is 3. The summed E-state index contributed by atoms with van der Waals surface area (Å²) in [5.41, 5.74) is 2.58. The van der Waals surface area contributed by atoms with Crippen molar-refractivity contribution in [3.8, 4) is 0 Å². The van der Waals surface area contributed by atoms with Crippen molar-refractivity contribution in [1.29, 1.82) is 0 Å². The molecule has 138 valence electrons. The molecule has 3 rings (SSSR count). The minimum atomic E-state index is -3.70. The predicted molar refractivity (Wildman–Crippen MR) is 101 cm³/mol. The first-order valence-corrected chi connectivity index (χ1v) is 10.2. The molecule has 1 saturated heterocycles. The van der Waals surface area contributed by atoms with Crippen LogP contribution in [0.4, 0.5) is 0 Å². The van der Waals surface area contributed by atoms with Crippen molar-refractivity contribution in [2.75, 3.05) is 6.54 Å². The van der Waals surface area contributed by atoms with Crippen LogP contribution in [0.3, 0.4) is 0 Å². The minimum absolute atomic E-state index is 0.236. The highest BCUT2D eigenvalue weighted by Gasteiger charge is 2.39. The van der Waals surface area contributed by atoms with E-state index in [2.05, 4.69) is 5.32 Å². The van der Waals surface area contributed by atoms with Gasteiger partial charge in [-0.3, -0.25) is 4.79 Å². The highest BCUT2D eigenvalue weighted by atomic mass is 32.2. The van der Waals surface area contributed by atoms with E-state index in [1.165, 1.54) is 4.31 Å². The molecule has 0 saturated carbocycles. The number of nitrogens with zero attached hydrogens (tertiary/aromatic N) is 1. The van der Waals surface area contributed by atoms with Gasteiger partial charge in [0.15, 0.2) is 0 Å². The van der Waals surface area contributed by atoms with Gasteiger partial charge in [0, 0.05) is 13.1 Å². The second kappa shape index (κ2) is 7.60. The molecule has 6 heteroatoms. The lowest BCUT2D eigenvalue weighted by Crippen LogP contribution is -2.45. The van der Waals surface area contributed by atoms with Crippen LogP contribution in [0.1, 0.15) is 29.5 Å². The Hall–Kier alpha value is -2.18. The number of carbonyl (C=O) groups is 1. The first-order chi connectivity index (χ1) is 12.4. The molecule has 26 heavy (non-hydrogen) atoms. The van der Waals surface area contributed by atoms with Crippen LogP contribution in [0.15, 0.2) is 53.4 Å². The lowest BCUT2D eigenvalue weighted by atomic mass is 10.2. The molecule has 2 aromatic rings. The molecule has 0 spiro atoms. The summed E-state index contributed by atoms with van der Waals surface area (Å²) in [4.78, 5) is 12.9. The van der Waals surface area contributed by atoms with Gasteiger partial charge >= 0.3 is 0 Å². The summed E-state index contributed by atoms with van der Waals surface area (Å²) in [7, 11) is -3.70. The number of rotatable bonds is 5. The Morgan fingerprint density at radius 1 is 1.15 bits per heavy atom. The van der Waals surface area contributed by atoms with Gasteiger partial charge in [-0.1, -0.05) is 42.5 Å². The standard InChI is InChI=1S/C20H24N2O3S/c1-15-10-11-16(2)19(13-15)26(24,25)22-12-6-9-18(22)20(23)21-14-17-7-4-3-5-8-17/h3-5,7-8,10-11,13,18H,6,9,12,14H2,1-2H3,(H,21,23)/t18-/m1/s1. The number of nitrogens with one attached hydrogen (secondary N) is 1. The van der Waals surface area contributed by atoms with Crippen LogP contribution < -0.4 is 5.32 Å². The molecule has 2 aromatic carbocycles. The van der Waals surface area contributed by atoms with E-state index in [0.29, 0.717) is 36.4 Å². The molecule has 0 aromatic heterocycles. The molecule has 1 heterocycles. The summed E-state index contributed by atoms with van der Waals surface area (Å²) in [5, 5.41) is 2.88. The normalized spacial score (nSPS) is 18.0. The number of aryl methyl sites for hydroxylation is 2. The summed E-state index contributed by atoms with van der Waals surface area (Å²) >= 11 is 0. The molecule has 1 aliphatic rings. The lowest BCUT2D eigenvalue weighted by molar-refractivity contribution is -0.124. The average Bonchev–Trinajstić information content (AvgIpc) is 3.13. The van der Waals surface area contributed by atoms with Gasteiger partial charge < -0.3 is 5.32 Å². The Morgan fingerprint density at radius 2 is 1.88 bits per heavy atom. The first-order valence-electron chi connectivity index (χ1n) is 8.80. The fraction of sp³-hybridized carbons (Fsp3) is 0.350. The Morgan fingerprint density at radius 3 is 2.62 bits per heavy atom. The second-order valence-electron chi connectivity index (χ2n) is 6.75. The van der Waals surface area contributed by atoms with E-state index < -0.39 is 16.1 Å². The SMILES string of the molecule is Cc1ccc(C)c(S(=O)(=O)N2CCC[C@@H]2C(=O)NCc2ccccc2)c1. The lowest BCUT2D eigenvalue weighted by Gasteiger charge is -2.24. The summed E-state index contributed by atoms with van der Waals surface area (Å²) in [6, 6.07) is 14.3. The van der Waals surface area contributed by atoms with Crippen molar-refractivity contribution >= 4 is 15.9 Å². The summed E-state index contributed by atoms with van der Waals surface area (Å²) in [6.45, 7) is 4.42. The molecule has 1 aliphatic heterocycles. The molecule has 5 nitrogen and oxygen atoms in total. The van der Waals surface area contributed by atoms with Crippen LogP contribution >= 0.6 is 0 Å². The molecular weight excluding hydrogens is 348 g/mol. The van der Waals surface area contributed by atoms with Crippen LogP contribution in [0, 0.1) is 13.8 Å². The Kier molecular flexibility index (Phi) is 5.44. The molecule has 1 N–H and O–H groups in total. The number of benzene rings is 2. The zero-order valence-corrected chi connectivity index (χ0v) is 15.9. The highest BCUT2D eigenvalue weighted by Crippen LogP contribution is 2.28. The van der Waals surface area contributed by atoms with Crippen molar-refractivity contribution in [3.63, 3.8) is 0 Å². The van der Waals surface area contributed by atoms with Gasteiger partial charge in [0.25, 0.3) is 0 Å².